The quantitative estimate of drug-likeness (QED) is 0.381. The molecule has 136 valence electrons. The lowest BCUT2D eigenvalue weighted by molar-refractivity contribution is 0.379. The van der Waals surface area contributed by atoms with Gasteiger partial charge >= 0.3 is 0 Å². The monoisotopic (exact) mass is 454 g/mol. The van der Waals surface area contributed by atoms with Gasteiger partial charge in [0.1, 0.15) is 6.54 Å². The van der Waals surface area contributed by atoms with Crippen LogP contribution in [0.2, 0.25) is 0 Å². The number of hydrogen-bond acceptors (Lipinski definition) is 3. The minimum Gasteiger partial charge on any atom is -0.359 e. The first-order chi connectivity index (χ1) is 11.8. The second-order valence-electron chi connectivity index (χ2n) is 6.33. The summed E-state index contributed by atoms with van der Waals surface area (Å²) in [6.45, 7) is 6.38. The summed E-state index contributed by atoms with van der Waals surface area (Å²) in [6.07, 6.45) is 3.34. The van der Waals surface area contributed by atoms with Crippen LogP contribution in [-0.2, 0) is 18.4 Å². The minimum absolute atomic E-state index is 0. The molecule has 1 fully saturated rings. The summed E-state index contributed by atoms with van der Waals surface area (Å²) in [4.78, 5) is 4.62. The number of rotatable bonds is 7. The Hall–Kier alpha value is -1.57. The first-order valence-electron chi connectivity index (χ1n) is 8.78. The van der Waals surface area contributed by atoms with Gasteiger partial charge in [-0.05, 0) is 31.7 Å². The highest BCUT2D eigenvalue weighted by molar-refractivity contribution is 14.0. The van der Waals surface area contributed by atoms with E-state index in [1.54, 1.807) is 0 Å². The predicted octanol–water partition coefficient (Wildman–Crippen LogP) is 3.64. The minimum atomic E-state index is 0. The smallest absolute Gasteiger partial charge is 0.191 e. The highest BCUT2D eigenvalue weighted by Gasteiger charge is 2.43. The maximum Gasteiger partial charge on any atom is 0.191 e. The molecule has 1 saturated carbocycles. The molecule has 5 nitrogen and oxygen atoms in total. The van der Waals surface area contributed by atoms with Crippen LogP contribution in [0, 0.1) is 0 Å². The molecule has 1 aliphatic carbocycles. The number of nitrogens with one attached hydrogen (secondary N) is 2. The zero-order valence-electron chi connectivity index (χ0n) is 14.9. The van der Waals surface area contributed by atoms with Gasteiger partial charge in [0.25, 0.3) is 0 Å². The third-order valence-corrected chi connectivity index (χ3v) is 4.54. The second kappa shape index (κ2) is 9.22. The fourth-order valence-corrected chi connectivity index (χ4v) is 2.86. The van der Waals surface area contributed by atoms with Gasteiger partial charge in [-0.15, -0.1) is 24.0 Å². The Balaban J connectivity index is 0.00000225. The van der Waals surface area contributed by atoms with Gasteiger partial charge in [-0.25, -0.2) is 4.99 Å². The van der Waals surface area contributed by atoms with Crippen LogP contribution in [0.3, 0.4) is 0 Å². The van der Waals surface area contributed by atoms with Crippen molar-refractivity contribution in [1.82, 2.24) is 15.8 Å². The molecule has 1 aliphatic rings. The molecule has 6 heteroatoms. The van der Waals surface area contributed by atoms with Crippen molar-refractivity contribution in [1.29, 1.82) is 0 Å². The average molecular weight is 454 g/mol. The van der Waals surface area contributed by atoms with Crippen molar-refractivity contribution in [3.8, 4) is 0 Å². The Bertz CT molecular complexity index is 680. The molecular formula is C19H27IN4O. The summed E-state index contributed by atoms with van der Waals surface area (Å²) in [6, 6.07) is 12.7. The Labute approximate surface area is 166 Å². The zero-order chi connectivity index (χ0) is 16.8. The van der Waals surface area contributed by atoms with E-state index >= 15 is 0 Å². The standard InChI is InChI=1S/C19H26N4O.HI/c1-3-16-12-17(24-23-16)13-21-18(20-4-2)22-14-19(10-11-19)15-8-6-5-7-9-15;/h5-9,12H,3-4,10-11,13-14H2,1-2H3,(H2,20,21,22);1H. The Morgan fingerprint density at radius 3 is 2.56 bits per heavy atom. The number of aryl methyl sites for hydroxylation is 1. The molecule has 2 N–H and O–H groups in total. The molecule has 0 atom stereocenters. The van der Waals surface area contributed by atoms with E-state index in [2.05, 4.69) is 65.0 Å². The fourth-order valence-electron chi connectivity index (χ4n) is 2.86. The molecule has 0 aliphatic heterocycles. The van der Waals surface area contributed by atoms with Gasteiger partial charge in [0.15, 0.2) is 11.7 Å². The summed E-state index contributed by atoms with van der Waals surface area (Å²) >= 11 is 0. The number of aromatic nitrogens is 1. The van der Waals surface area contributed by atoms with Crippen LogP contribution in [0.25, 0.3) is 0 Å². The number of nitrogens with zero attached hydrogens (tertiary/aromatic N) is 2. The molecule has 0 saturated heterocycles. The van der Waals surface area contributed by atoms with E-state index in [1.807, 2.05) is 6.07 Å². The maximum atomic E-state index is 5.30. The van der Waals surface area contributed by atoms with Crippen LogP contribution in [0.1, 0.15) is 43.7 Å². The molecule has 1 heterocycles. The van der Waals surface area contributed by atoms with Gasteiger partial charge in [-0.3, -0.25) is 0 Å². The topological polar surface area (TPSA) is 62.5 Å². The molecule has 0 radical (unpaired) electrons. The van der Waals surface area contributed by atoms with Crippen molar-refractivity contribution in [2.24, 2.45) is 4.99 Å². The van der Waals surface area contributed by atoms with E-state index in [-0.39, 0.29) is 29.4 Å². The first-order valence-corrected chi connectivity index (χ1v) is 8.78. The van der Waals surface area contributed by atoms with E-state index in [0.29, 0.717) is 6.54 Å². The first kappa shape index (κ1) is 19.8. The lowest BCUT2D eigenvalue weighted by Gasteiger charge is -2.18. The zero-order valence-corrected chi connectivity index (χ0v) is 17.2. The van der Waals surface area contributed by atoms with Crippen molar-refractivity contribution >= 4 is 29.9 Å². The van der Waals surface area contributed by atoms with E-state index in [1.165, 1.54) is 18.4 Å². The van der Waals surface area contributed by atoms with E-state index in [0.717, 1.165) is 36.9 Å². The molecule has 0 spiro atoms. The largest absolute Gasteiger partial charge is 0.359 e. The van der Waals surface area contributed by atoms with Crippen LogP contribution in [0.5, 0.6) is 0 Å². The summed E-state index contributed by atoms with van der Waals surface area (Å²) in [5.41, 5.74) is 2.65. The average Bonchev–Trinajstić information content (AvgIpc) is 3.28. The third kappa shape index (κ3) is 5.20. The Kier molecular flexibility index (Phi) is 7.28. The third-order valence-electron chi connectivity index (χ3n) is 4.54. The predicted molar refractivity (Wildman–Crippen MR) is 111 cm³/mol. The van der Waals surface area contributed by atoms with E-state index in [4.69, 9.17) is 4.52 Å². The van der Waals surface area contributed by atoms with Crippen LogP contribution in [0.15, 0.2) is 45.9 Å². The number of aliphatic imine (C=N–C) groups is 1. The van der Waals surface area contributed by atoms with Crippen molar-refractivity contribution in [2.45, 2.75) is 45.1 Å². The Morgan fingerprint density at radius 1 is 1.20 bits per heavy atom. The molecule has 3 rings (SSSR count). The van der Waals surface area contributed by atoms with Crippen molar-refractivity contribution < 1.29 is 4.52 Å². The van der Waals surface area contributed by atoms with E-state index < -0.39 is 0 Å². The van der Waals surface area contributed by atoms with Gasteiger partial charge in [0, 0.05) is 24.6 Å². The number of guanidine groups is 1. The second-order valence-corrected chi connectivity index (χ2v) is 6.33. The van der Waals surface area contributed by atoms with Crippen LogP contribution in [-0.4, -0.2) is 24.2 Å². The van der Waals surface area contributed by atoms with Gasteiger partial charge in [0.2, 0.25) is 0 Å². The van der Waals surface area contributed by atoms with Gasteiger partial charge in [-0.2, -0.15) is 0 Å². The van der Waals surface area contributed by atoms with Gasteiger partial charge < -0.3 is 15.2 Å². The summed E-state index contributed by atoms with van der Waals surface area (Å²) in [7, 11) is 0. The Morgan fingerprint density at radius 2 is 1.96 bits per heavy atom. The molecule has 0 amide bonds. The van der Waals surface area contributed by atoms with Crippen molar-refractivity contribution in [3.63, 3.8) is 0 Å². The lowest BCUT2D eigenvalue weighted by atomic mass is 9.96. The summed E-state index contributed by atoms with van der Waals surface area (Å²) < 4.78 is 5.30. The summed E-state index contributed by atoms with van der Waals surface area (Å²) in [5.74, 6) is 1.63. The highest BCUT2D eigenvalue weighted by atomic mass is 127. The maximum absolute atomic E-state index is 5.30. The number of hydrogen-bond donors (Lipinski definition) is 2. The van der Waals surface area contributed by atoms with Crippen LogP contribution >= 0.6 is 24.0 Å². The lowest BCUT2D eigenvalue weighted by Crippen LogP contribution is -2.41. The number of halogens is 1. The molecule has 2 aromatic rings. The van der Waals surface area contributed by atoms with Crippen LogP contribution < -0.4 is 10.6 Å². The normalized spacial score (nSPS) is 15.4. The molecule has 1 aromatic heterocycles. The van der Waals surface area contributed by atoms with E-state index in [9.17, 15) is 0 Å². The highest BCUT2D eigenvalue weighted by Crippen LogP contribution is 2.47. The molecular weight excluding hydrogens is 427 g/mol. The van der Waals surface area contributed by atoms with Gasteiger partial charge in [0.05, 0.1) is 5.69 Å². The molecule has 0 unspecified atom stereocenters. The SMILES string of the molecule is CCNC(=NCc1cc(CC)no1)NCC1(c2ccccc2)CC1.I. The molecule has 0 bridgehead atoms. The molecule has 1 aromatic carbocycles. The summed E-state index contributed by atoms with van der Waals surface area (Å²) in [5, 5.41) is 10.8. The fraction of sp³-hybridized carbons (Fsp3) is 0.474. The number of benzene rings is 1. The van der Waals surface area contributed by atoms with Crippen molar-refractivity contribution in [2.75, 3.05) is 13.1 Å². The van der Waals surface area contributed by atoms with Gasteiger partial charge in [-0.1, -0.05) is 42.4 Å². The molecule has 25 heavy (non-hydrogen) atoms. The van der Waals surface area contributed by atoms with Crippen LogP contribution in [0.4, 0.5) is 0 Å². The van der Waals surface area contributed by atoms with Crippen molar-refractivity contribution in [3.05, 3.63) is 53.4 Å².